The summed E-state index contributed by atoms with van der Waals surface area (Å²) in [4.78, 5) is 27.2. The fourth-order valence-electron chi connectivity index (χ4n) is 3.47. The molecule has 28 heavy (non-hydrogen) atoms. The average Bonchev–Trinajstić information content (AvgIpc) is 2.73. The molecule has 0 bridgehead atoms. The van der Waals surface area contributed by atoms with Gasteiger partial charge in [0.15, 0.2) is 6.10 Å². The van der Waals surface area contributed by atoms with Crippen LogP contribution in [0, 0.1) is 17.2 Å². The van der Waals surface area contributed by atoms with Crippen molar-refractivity contribution in [2.45, 2.75) is 32.8 Å². The third-order valence-corrected chi connectivity index (χ3v) is 5.21. The monoisotopic (exact) mass is 376 g/mol. The summed E-state index contributed by atoms with van der Waals surface area (Å²) in [5.41, 5.74) is 2.11. The van der Waals surface area contributed by atoms with Gasteiger partial charge in [-0.2, -0.15) is 5.26 Å². The molecule has 0 aromatic heterocycles. The molecule has 144 valence electrons. The van der Waals surface area contributed by atoms with Gasteiger partial charge >= 0.3 is 5.97 Å². The largest absolute Gasteiger partial charge is 0.449 e. The second kappa shape index (κ2) is 8.71. The molecule has 0 N–H and O–H groups in total. The van der Waals surface area contributed by atoms with Gasteiger partial charge in [0, 0.05) is 18.7 Å². The highest BCUT2D eigenvalue weighted by atomic mass is 16.5. The van der Waals surface area contributed by atoms with E-state index in [1.807, 2.05) is 12.1 Å². The van der Waals surface area contributed by atoms with Gasteiger partial charge in [-0.15, -0.1) is 0 Å². The summed E-state index contributed by atoms with van der Waals surface area (Å²) in [7, 11) is 0. The van der Waals surface area contributed by atoms with Crippen molar-refractivity contribution < 1.29 is 14.3 Å². The summed E-state index contributed by atoms with van der Waals surface area (Å²) in [5.74, 6) is -0.0984. The Kier molecular flexibility index (Phi) is 6.10. The number of amides is 1. The van der Waals surface area contributed by atoms with Crippen molar-refractivity contribution in [3.63, 3.8) is 0 Å². The van der Waals surface area contributed by atoms with E-state index >= 15 is 0 Å². The quantitative estimate of drug-likeness (QED) is 0.756. The van der Waals surface area contributed by atoms with E-state index in [0.29, 0.717) is 41.3 Å². The van der Waals surface area contributed by atoms with Crippen molar-refractivity contribution in [3.05, 3.63) is 59.7 Å². The van der Waals surface area contributed by atoms with Crippen molar-refractivity contribution >= 4 is 11.9 Å². The number of carbonyl (C=O) groups excluding carboxylic acids is 2. The molecule has 3 rings (SSSR count). The van der Waals surface area contributed by atoms with Gasteiger partial charge in [0.25, 0.3) is 5.91 Å². The van der Waals surface area contributed by atoms with Crippen LogP contribution in [0.3, 0.4) is 0 Å². The van der Waals surface area contributed by atoms with Gasteiger partial charge in [0.1, 0.15) is 0 Å². The standard InChI is InChI=1S/C23H24N2O3/c1-16-11-13-25(14-12-16)22(26)17(2)28-23(27)21-10-6-5-9-20(21)19-8-4-3-7-18(19)15-24/h3-10,16-17H,11-14H2,1-2H3. The van der Waals surface area contributed by atoms with Crippen molar-refractivity contribution in [1.82, 2.24) is 4.90 Å². The van der Waals surface area contributed by atoms with Crippen molar-refractivity contribution in [3.8, 4) is 17.2 Å². The third kappa shape index (κ3) is 4.23. The van der Waals surface area contributed by atoms with Crippen LogP contribution in [0.1, 0.15) is 42.6 Å². The van der Waals surface area contributed by atoms with Crippen LogP contribution in [0.2, 0.25) is 0 Å². The molecule has 0 spiro atoms. The van der Waals surface area contributed by atoms with Crippen LogP contribution >= 0.6 is 0 Å². The Bertz CT molecular complexity index is 908. The lowest BCUT2D eigenvalue weighted by Gasteiger charge is -2.32. The molecule has 5 nitrogen and oxygen atoms in total. The molecule has 0 saturated carbocycles. The molecular formula is C23H24N2O3. The number of piperidine rings is 1. The van der Waals surface area contributed by atoms with E-state index in [0.717, 1.165) is 12.8 Å². The predicted molar refractivity (Wildman–Crippen MR) is 106 cm³/mol. The van der Waals surface area contributed by atoms with Crippen LogP contribution in [0.15, 0.2) is 48.5 Å². The third-order valence-electron chi connectivity index (χ3n) is 5.21. The molecule has 2 aromatic rings. The number of esters is 1. The number of hydrogen-bond donors (Lipinski definition) is 0. The SMILES string of the molecule is CC1CCN(C(=O)C(C)OC(=O)c2ccccc2-c2ccccc2C#N)CC1. The van der Waals surface area contributed by atoms with Gasteiger partial charge in [-0.05, 0) is 43.4 Å². The lowest BCUT2D eigenvalue weighted by atomic mass is 9.96. The van der Waals surface area contributed by atoms with Crippen LogP contribution in [-0.2, 0) is 9.53 Å². The molecule has 0 aliphatic carbocycles. The molecule has 2 aromatic carbocycles. The molecule has 1 unspecified atom stereocenters. The fraction of sp³-hybridized carbons (Fsp3) is 0.348. The van der Waals surface area contributed by atoms with Crippen LogP contribution in [0.25, 0.3) is 11.1 Å². The van der Waals surface area contributed by atoms with Gasteiger partial charge in [-0.3, -0.25) is 4.79 Å². The first kappa shape index (κ1) is 19.6. The van der Waals surface area contributed by atoms with Crippen molar-refractivity contribution in [2.75, 3.05) is 13.1 Å². The molecule has 1 aliphatic rings. The smallest absolute Gasteiger partial charge is 0.339 e. The molecule has 5 heteroatoms. The van der Waals surface area contributed by atoms with Crippen LogP contribution < -0.4 is 0 Å². The number of benzene rings is 2. The lowest BCUT2D eigenvalue weighted by Crippen LogP contribution is -2.44. The first-order valence-corrected chi connectivity index (χ1v) is 9.59. The zero-order valence-corrected chi connectivity index (χ0v) is 16.2. The zero-order chi connectivity index (χ0) is 20.1. The Balaban J connectivity index is 1.78. The maximum absolute atomic E-state index is 12.8. The highest BCUT2D eigenvalue weighted by Gasteiger charge is 2.28. The highest BCUT2D eigenvalue weighted by Crippen LogP contribution is 2.27. The van der Waals surface area contributed by atoms with Crippen LogP contribution in [0.4, 0.5) is 0 Å². The van der Waals surface area contributed by atoms with Gasteiger partial charge in [-0.25, -0.2) is 4.79 Å². The summed E-state index contributed by atoms with van der Waals surface area (Å²) in [5, 5.41) is 9.37. The van der Waals surface area contributed by atoms with E-state index in [1.165, 1.54) is 0 Å². The fourth-order valence-corrected chi connectivity index (χ4v) is 3.47. The molecular weight excluding hydrogens is 352 g/mol. The summed E-state index contributed by atoms with van der Waals surface area (Å²) in [6.07, 6.45) is 1.10. The Morgan fingerprint density at radius 2 is 1.68 bits per heavy atom. The number of nitrogens with zero attached hydrogens (tertiary/aromatic N) is 2. The minimum Gasteiger partial charge on any atom is -0.449 e. The minimum atomic E-state index is -0.847. The molecule has 1 saturated heterocycles. The lowest BCUT2D eigenvalue weighted by molar-refractivity contribution is -0.141. The van der Waals surface area contributed by atoms with E-state index in [9.17, 15) is 14.9 Å². The average molecular weight is 376 g/mol. The Morgan fingerprint density at radius 1 is 1.07 bits per heavy atom. The molecule has 0 radical (unpaired) electrons. The van der Waals surface area contributed by atoms with Gasteiger partial charge in [-0.1, -0.05) is 43.3 Å². The number of hydrogen-bond acceptors (Lipinski definition) is 4. The molecule has 1 fully saturated rings. The molecule has 1 aliphatic heterocycles. The Hall–Kier alpha value is -3.13. The van der Waals surface area contributed by atoms with Crippen molar-refractivity contribution in [1.29, 1.82) is 5.26 Å². The minimum absolute atomic E-state index is 0.157. The van der Waals surface area contributed by atoms with E-state index in [4.69, 9.17) is 4.74 Å². The summed E-state index contributed by atoms with van der Waals surface area (Å²) in [6, 6.07) is 16.3. The van der Waals surface area contributed by atoms with Gasteiger partial charge in [0.2, 0.25) is 0 Å². The van der Waals surface area contributed by atoms with E-state index in [2.05, 4.69) is 13.0 Å². The van der Waals surface area contributed by atoms with Gasteiger partial charge in [0.05, 0.1) is 17.2 Å². The maximum atomic E-state index is 12.8. The highest BCUT2D eigenvalue weighted by molar-refractivity contribution is 5.99. The van der Waals surface area contributed by atoms with Crippen LogP contribution in [0.5, 0.6) is 0 Å². The van der Waals surface area contributed by atoms with E-state index in [-0.39, 0.29) is 5.91 Å². The topological polar surface area (TPSA) is 70.4 Å². The first-order valence-electron chi connectivity index (χ1n) is 9.59. The van der Waals surface area contributed by atoms with E-state index in [1.54, 1.807) is 48.2 Å². The van der Waals surface area contributed by atoms with E-state index < -0.39 is 12.1 Å². The summed E-state index contributed by atoms with van der Waals surface area (Å²) >= 11 is 0. The summed E-state index contributed by atoms with van der Waals surface area (Å²) in [6.45, 7) is 5.20. The van der Waals surface area contributed by atoms with Crippen LogP contribution in [-0.4, -0.2) is 36.0 Å². The second-order valence-corrected chi connectivity index (χ2v) is 7.26. The predicted octanol–water partition coefficient (Wildman–Crippen LogP) is 4.03. The van der Waals surface area contributed by atoms with Gasteiger partial charge < -0.3 is 9.64 Å². The van der Waals surface area contributed by atoms with Crippen molar-refractivity contribution in [2.24, 2.45) is 5.92 Å². The number of likely N-dealkylation sites (tertiary alicyclic amines) is 1. The maximum Gasteiger partial charge on any atom is 0.339 e. The first-order chi connectivity index (χ1) is 13.5. The number of nitriles is 1. The molecule has 1 atom stereocenters. The Labute approximate surface area is 165 Å². The second-order valence-electron chi connectivity index (χ2n) is 7.26. The normalized spacial score (nSPS) is 15.5. The summed E-state index contributed by atoms with van der Waals surface area (Å²) < 4.78 is 5.50. The molecule has 1 heterocycles. The number of carbonyl (C=O) groups is 2. The number of ether oxygens (including phenoxy) is 1. The molecule has 1 amide bonds. The zero-order valence-electron chi connectivity index (χ0n) is 16.2. The number of rotatable bonds is 4. The Morgan fingerprint density at radius 3 is 2.36 bits per heavy atom.